The fourth-order valence-corrected chi connectivity index (χ4v) is 2.48. The van der Waals surface area contributed by atoms with Gasteiger partial charge < -0.3 is 15.5 Å². The summed E-state index contributed by atoms with van der Waals surface area (Å²) in [6.45, 7) is 5.80. The maximum absolute atomic E-state index is 5.84. The van der Waals surface area contributed by atoms with Gasteiger partial charge in [0, 0.05) is 37.6 Å². The molecule has 2 heterocycles. The number of nitrogen functional groups attached to an aromatic ring is 1. The van der Waals surface area contributed by atoms with Gasteiger partial charge >= 0.3 is 0 Å². The zero-order valence-corrected chi connectivity index (χ0v) is 11.7. The Hall–Kier alpha value is -2.30. The number of aromatic nitrogens is 2. The van der Waals surface area contributed by atoms with Crippen molar-refractivity contribution in [3.8, 4) is 0 Å². The Morgan fingerprint density at radius 1 is 0.950 bits per heavy atom. The summed E-state index contributed by atoms with van der Waals surface area (Å²) in [5, 5.41) is 8.37. The second-order valence-electron chi connectivity index (χ2n) is 5.10. The highest BCUT2D eigenvalue weighted by molar-refractivity contribution is 5.57. The Kier molecular flexibility index (Phi) is 3.41. The Labute approximate surface area is 119 Å². The lowest BCUT2D eigenvalue weighted by Gasteiger charge is -2.36. The van der Waals surface area contributed by atoms with Crippen LogP contribution < -0.4 is 15.5 Å². The first-order valence-corrected chi connectivity index (χ1v) is 6.88. The fourth-order valence-electron chi connectivity index (χ4n) is 2.48. The molecule has 0 bridgehead atoms. The predicted molar refractivity (Wildman–Crippen MR) is 82.0 cm³/mol. The van der Waals surface area contributed by atoms with Crippen molar-refractivity contribution >= 4 is 17.2 Å². The van der Waals surface area contributed by atoms with Gasteiger partial charge in [-0.25, -0.2) is 0 Å². The van der Waals surface area contributed by atoms with Crippen molar-refractivity contribution < 1.29 is 0 Å². The molecule has 104 valence electrons. The molecule has 0 radical (unpaired) electrons. The second-order valence-corrected chi connectivity index (χ2v) is 5.10. The van der Waals surface area contributed by atoms with E-state index >= 15 is 0 Å². The summed E-state index contributed by atoms with van der Waals surface area (Å²) >= 11 is 0. The molecule has 1 aromatic carbocycles. The molecule has 1 aliphatic rings. The smallest absolute Gasteiger partial charge is 0.151 e. The van der Waals surface area contributed by atoms with Crippen LogP contribution in [0.5, 0.6) is 0 Å². The molecule has 0 amide bonds. The highest BCUT2D eigenvalue weighted by Crippen LogP contribution is 2.20. The standard InChI is InChI=1S/C15H19N5/c1-12-5-6-15(18-17-12)20-9-7-19(8-10-20)14-4-2-3-13(16)11-14/h2-6,11H,7-10,16H2,1H3. The number of aryl methyl sites for hydroxylation is 1. The van der Waals surface area contributed by atoms with Gasteiger partial charge in [0.25, 0.3) is 0 Å². The molecular formula is C15H19N5. The van der Waals surface area contributed by atoms with Crippen LogP contribution in [0.3, 0.4) is 0 Å². The van der Waals surface area contributed by atoms with Crippen LogP contribution in [0.2, 0.25) is 0 Å². The Morgan fingerprint density at radius 3 is 2.35 bits per heavy atom. The lowest BCUT2D eigenvalue weighted by atomic mass is 10.2. The van der Waals surface area contributed by atoms with Crippen LogP contribution >= 0.6 is 0 Å². The van der Waals surface area contributed by atoms with Crippen molar-refractivity contribution in [2.24, 2.45) is 0 Å². The van der Waals surface area contributed by atoms with E-state index in [1.54, 1.807) is 0 Å². The highest BCUT2D eigenvalue weighted by Gasteiger charge is 2.18. The summed E-state index contributed by atoms with van der Waals surface area (Å²) < 4.78 is 0. The monoisotopic (exact) mass is 269 g/mol. The van der Waals surface area contributed by atoms with Gasteiger partial charge in [-0.05, 0) is 37.3 Å². The van der Waals surface area contributed by atoms with Crippen LogP contribution in [0.25, 0.3) is 0 Å². The maximum Gasteiger partial charge on any atom is 0.151 e. The molecule has 2 N–H and O–H groups in total. The molecule has 0 unspecified atom stereocenters. The molecule has 2 aromatic rings. The van der Waals surface area contributed by atoms with Gasteiger partial charge in [-0.2, -0.15) is 5.10 Å². The molecule has 0 aliphatic carbocycles. The van der Waals surface area contributed by atoms with Crippen molar-refractivity contribution in [2.45, 2.75) is 6.92 Å². The lowest BCUT2D eigenvalue weighted by Crippen LogP contribution is -2.46. The van der Waals surface area contributed by atoms with Gasteiger partial charge in [-0.1, -0.05) is 6.07 Å². The van der Waals surface area contributed by atoms with E-state index in [9.17, 15) is 0 Å². The SMILES string of the molecule is Cc1ccc(N2CCN(c3cccc(N)c3)CC2)nn1. The molecule has 20 heavy (non-hydrogen) atoms. The van der Waals surface area contributed by atoms with Gasteiger partial charge in [0.2, 0.25) is 0 Å². The highest BCUT2D eigenvalue weighted by atomic mass is 15.3. The quantitative estimate of drug-likeness (QED) is 0.841. The fraction of sp³-hybridized carbons (Fsp3) is 0.333. The average molecular weight is 269 g/mol. The molecule has 3 rings (SSSR count). The third-order valence-electron chi connectivity index (χ3n) is 3.62. The first kappa shape index (κ1) is 12.7. The van der Waals surface area contributed by atoms with Gasteiger partial charge in [0.1, 0.15) is 0 Å². The van der Waals surface area contributed by atoms with E-state index in [-0.39, 0.29) is 0 Å². The van der Waals surface area contributed by atoms with E-state index in [4.69, 9.17) is 5.73 Å². The van der Waals surface area contributed by atoms with E-state index in [2.05, 4.69) is 26.1 Å². The minimum absolute atomic E-state index is 0.814. The Morgan fingerprint density at radius 2 is 1.70 bits per heavy atom. The molecular weight excluding hydrogens is 250 g/mol. The van der Waals surface area contributed by atoms with Crippen molar-refractivity contribution in [1.29, 1.82) is 0 Å². The number of nitrogens with zero attached hydrogens (tertiary/aromatic N) is 4. The van der Waals surface area contributed by atoms with E-state index < -0.39 is 0 Å². The number of hydrogen-bond acceptors (Lipinski definition) is 5. The number of hydrogen-bond donors (Lipinski definition) is 1. The molecule has 0 saturated carbocycles. The minimum Gasteiger partial charge on any atom is -0.399 e. The summed E-state index contributed by atoms with van der Waals surface area (Å²) in [5.74, 6) is 0.961. The molecule has 0 spiro atoms. The first-order chi connectivity index (χ1) is 9.72. The molecule has 0 atom stereocenters. The van der Waals surface area contributed by atoms with E-state index in [0.29, 0.717) is 0 Å². The first-order valence-electron chi connectivity index (χ1n) is 6.88. The third kappa shape index (κ3) is 2.66. The number of benzene rings is 1. The van der Waals surface area contributed by atoms with E-state index in [1.807, 2.05) is 37.3 Å². The third-order valence-corrected chi connectivity index (χ3v) is 3.62. The van der Waals surface area contributed by atoms with Crippen LogP contribution in [0.1, 0.15) is 5.69 Å². The van der Waals surface area contributed by atoms with E-state index in [0.717, 1.165) is 43.4 Å². The van der Waals surface area contributed by atoms with Crippen LogP contribution in [0.4, 0.5) is 17.2 Å². The van der Waals surface area contributed by atoms with Crippen molar-refractivity contribution in [1.82, 2.24) is 10.2 Å². The lowest BCUT2D eigenvalue weighted by molar-refractivity contribution is 0.643. The summed E-state index contributed by atoms with van der Waals surface area (Å²) in [6, 6.07) is 12.1. The maximum atomic E-state index is 5.84. The molecule has 5 nitrogen and oxygen atoms in total. The van der Waals surface area contributed by atoms with Crippen molar-refractivity contribution in [2.75, 3.05) is 41.7 Å². The van der Waals surface area contributed by atoms with Crippen molar-refractivity contribution in [3.05, 3.63) is 42.1 Å². The van der Waals surface area contributed by atoms with Gasteiger partial charge in [-0.3, -0.25) is 0 Å². The van der Waals surface area contributed by atoms with Gasteiger partial charge in [-0.15, -0.1) is 5.10 Å². The van der Waals surface area contributed by atoms with Crippen LogP contribution in [-0.4, -0.2) is 36.4 Å². The van der Waals surface area contributed by atoms with Crippen molar-refractivity contribution in [3.63, 3.8) is 0 Å². The minimum atomic E-state index is 0.814. The Bertz CT molecular complexity index is 573. The predicted octanol–water partition coefficient (Wildman–Crippen LogP) is 1.69. The topological polar surface area (TPSA) is 58.3 Å². The number of anilines is 3. The summed E-state index contributed by atoms with van der Waals surface area (Å²) in [7, 11) is 0. The molecule has 5 heteroatoms. The molecule has 1 saturated heterocycles. The van der Waals surface area contributed by atoms with E-state index in [1.165, 1.54) is 5.69 Å². The second kappa shape index (κ2) is 5.36. The van der Waals surface area contributed by atoms with Gasteiger partial charge in [0.15, 0.2) is 5.82 Å². The number of piperazine rings is 1. The normalized spacial score (nSPS) is 15.4. The number of nitrogens with two attached hydrogens (primary N) is 1. The zero-order chi connectivity index (χ0) is 13.9. The Balaban J connectivity index is 1.66. The molecule has 1 aliphatic heterocycles. The largest absolute Gasteiger partial charge is 0.399 e. The zero-order valence-electron chi connectivity index (χ0n) is 11.7. The summed E-state index contributed by atoms with van der Waals surface area (Å²) in [5.41, 5.74) is 8.80. The van der Waals surface area contributed by atoms with Crippen LogP contribution in [0, 0.1) is 6.92 Å². The average Bonchev–Trinajstić information content (AvgIpc) is 2.48. The van der Waals surface area contributed by atoms with Crippen LogP contribution in [0.15, 0.2) is 36.4 Å². The molecule has 1 fully saturated rings. The van der Waals surface area contributed by atoms with Crippen LogP contribution in [-0.2, 0) is 0 Å². The summed E-state index contributed by atoms with van der Waals surface area (Å²) in [4.78, 5) is 4.63. The number of rotatable bonds is 2. The summed E-state index contributed by atoms with van der Waals surface area (Å²) in [6.07, 6.45) is 0. The van der Waals surface area contributed by atoms with Gasteiger partial charge in [0.05, 0.1) is 5.69 Å². The molecule has 1 aromatic heterocycles.